The predicted octanol–water partition coefficient (Wildman–Crippen LogP) is 4.88. The van der Waals surface area contributed by atoms with Gasteiger partial charge in [-0.1, -0.05) is 48.5 Å². The highest BCUT2D eigenvalue weighted by atomic mass is 32.1. The number of aliphatic hydroxyl groups is 1. The molecule has 2 aliphatic rings. The Balaban J connectivity index is 1.58. The fraction of sp³-hybridized carbons (Fsp3) is 0.296. The molecule has 35 heavy (non-hydrogen) atoms. The number of aromatic nitrogens is 1. The van der Waals surface area contributed by atoms with E-state index in [9.17, 15) is 14.7 Å². The van der Waals surface area contributed by atoms with E-state index in [1.807, 2.05) is 48.5 Å². The molecule has 5 rings (SSSR count). The summed E-state index contributed by atoms with van der Waals surface area (Å²) in [5.74, 6) is -0.976. The number of carbonyl (C=O) groups excluding carboxylic acids is 2. The van der Waals surface area contributed by atoms with E-state index in [4.69, 9.17) is 9.47 Å². The first-order valence-corrected chi connectivity index (χ1v) is 12.4. The van der Waals surface area contributed by atoms with Crippen molar-refractivity contribution in [3.63, 3.8) is 0 Å². The number of hydrogen-bond donors (Lipinski definition) is 1. The van der Waals surface area contributed by atoms with Crippen LogP contribution in [0.15, 0.2) is 65.9 Å². The molecule has 2 aromatic carbocycles. The predicted molar refractivity (Wildman–Crippen MR) is 133 cm³/mol. The van der Waals surface area contributed by atoms with E-state index < -0.39 is 23.5 Å². The Morgan fingerprint density at radius 1 is 1.20 bits per heavy atom. The van der Waals surface area contributed by atoms with Gasteiger partial charge in [-0.15, -0.1) is 11.3 Å². The second-order valence-corrected chi connectivity index (χ2v) is 9.63. The standard InChI is InChI=1S/C27H26N2O5S/c1-16-25(35-26(28-16)17-9-4-3-5-10-17)23(30)21-22(19-12-6-7-13-20(19)33-2)29(27(32)24(21)31)15-18-11-8-14-34-18/h3-7,9-10,12-13,18,22,31H,8,11,14-15H2,1-2H3. The van der Waals surface area contributed by atoms with E-state index in [-0.39, 0.29) is 18.2 Å². The largest absolute Gasteiger partial charge is 0.503 e. The third kappa shape index (κ3) is 4.24. The molecule has 0 radical (unpaired) electrons. The summed E-state index contributed by atoms with van der Waals surface area (Å²) in [7, 11) is 1.55. The summed E-state index contributed by atoms with van der Waals surface area (Å²) < 4.78 is 11.3. The van der Waals surface area contributed by atoms with E-state index in [0.717, 1.165) is 18.4 Å². The van der Waals surface area contributed by atoms with Crippen LogP contribution in [-0.4, -0.2) is 53.0 Å². The highest BCUT2D eigenvalue weighted by molar-refractivity contribution is 7.17. The van der Waals surface area contributed by atoms with Gasteiger partial charge in [0, 0.05) is 24.3 Å². The molecule has 3 aromatic rings. The Kier molecular flexibility index (Phi) is 6.40. The van der Waals surface area contributed by atoms with Gasteiger partial charge < -0.3 is 19.5 Å². The van der Waals surface area contributed by atoms with Crippen LogP contribution in [0.2, 0.25) is 0 Å². The zero-order valence-electron chi connectivity index (χ0n) is 19.6. The number of benzene rings is 2. The van der Waals surface area contributed by atoms with Crippen LogP contribution in [0, 0.1) is 6.92 Å². The number of thiazole rings is 1. The van der Waals surface area contributed by atoms with Gasteiger partial charge in [-0.25, -0.2) is 4.98 Å². The number of nitrogens with zero attached hydrogens (tertiary/aromatic N) is 2. The minimum Gasteiger partial charge on any atom is -0.503 e. The van der Waals surface area contributed by atoms with Crippen LogP contribution in [0.3, 0.4) is 0 Å². The number of ketones is 1. The lowest BCUT2D eigenvalue weighted by Crippen LogP contribution is -2.37. The Hall–Kier alpha value is -3.49. The van der Waals surface area contributed by atoms with Crippen molar-refractivity contribution >= 4 is 23.0 Å². The molecule has 0 spiro atoms. The van der Waals surface area contributed by atoms with Crippen molar-refractivity contribution in [2.75, 3.05) is 20.3 Å². The highest BCUT2D eigenvalue weighted by Gasteiger charge is 2.46. The summed E-state index contributed by atoms with van der Waals surface area (Å²) in [6.45, 7) is 2.69. The molecule has 0 saturated carbocycles. The molecule has 8 heteroatoms. The highest BCUT2D eigenvalue weighted by Crippen LogP contribution is 2.44. The van der Waals surface area contributed by atoms with Gasteiger partial charge in [-0.3, -0.25) is 9.59 Å². The van der Waals surface area contributed by atoms with Crippen molar-refractivity contribution < 1.29 is 24.2 Å². The Bertz CT molecular complexity index is 1290. The molecular weight excluding hydrogens is 464 g/mol. The second kappa shape index (κ2) is 9.64. The van der Waals surface area contributed by atoms with Gasteiger partial charge in [0.25, 0.3) is 5.91 Å². The van der Waals surface area contributed by atoms with Crippen LogP contribution in [0.5, 0.6) is 5.75 Å². The van der Waals surface area contributed by atoms with E-state index in [1.165, 1.54) is 16.2 Å². The summed E-state index contributed by atoms with van der Waals surface area (Å²) in [6, 6.07) is 16.1. The number of rotatable bonds is 7. The van der Waals surface area contributed by atoms with E-state index in [2.05, 4.69) is 4.98 Å². The molecule has 1 fully saturated rings. The summed E-state index contributed by atoms with van der Waals surface area (Å²) >= 11 is 1.26. The average Bonchev–Trinajstić information content (AvgIpc) is 3.60. The molecule has 2 unspecified atom stereocenters. The molecule has 0 aliphatic carbocycles. The molecular formula is C27H26N2O5S. The number of amides is 1. The maximum Gasteiger partial charge on any atom is 0.290 e. The smallest absolute Gasteiger partial charge is 0.290 e. The Morgan fingerprint density at radius 2 is 1.94 bits per heavy atom. The fourth-order valence-electron chi connectivity index (χ4n) is 4.73. The summed E-state index contributed by atoms with van der Waals surface area (Å²) in [4.78, 5) is 33.8. The third-order valence-electron chi connectivity index (χ3n) is 6.43. The lowest BCUT2D eigenvalue weighted by atomic mass is 9.94. The van der Waals surface area contributed by atoms with Crippen LogP contribution >= 0.6 is 11.3 Å². The van der Waals surface area contributed by atoms with E-state index >= 15 is 0 Å². The first kappa shape index (κ1) is 23.3. The quantitative estimate of drug-likeness (QED) is 0.475. The first-order valence-electron chi connectivity index (χ1n) is 11.6. The molecule has 1 aromatic heterocycles. The van der Waals surface area contributed by atoms with Gasteiger partial charge in [-0.05, 0) is 25.8 Å². The number of carbonyl (C=O) groups is 2. The fourth-order valence-corrected chi connectivity index (χ4v) is 5.76. The van der Waals surface area contributed by atoms with Crippen molar-refractivity contribution in [3.8, 4) is 16.3 Å². The average molecular weight is 491 g/mol. The van der Waals surface area contributed by atoms with Gasteiger partial charge in [0.05, 0.1) is 35.4 Å². The zero-order chi connectivity index (χ0) is 24.5. The van der Waals surface area contributed by atoms with Crippen molar-refractivity contribution in [1.82, 2.24) is 9.88 Å². The number of methoxy groups -OCH3 is 1. The maximum absolute atomic E-state index is 13.9. The van der Waals surface area contributed by atoms with Crippen molar-refractivity contribution in [1.29, 1.82) is 0 Å². The lowest BCUT2D eigenvalue weighted by molar-refractivity contribution is -0.131. The SMILES string of the molecule is COc1ccccc1C1C(C(=O)c2sc(-c3ccccc3)nc2C)=C(O)C(=O)N1CC1CCCO1. The van der Waals surface area contributed by atoms with Gasteiger partial charge in [0.1, 0.15) is 10.8 Å². The molecule has 2 atom stereocenters. The molecule has 7 nitrogen and oxygen atoms in total. The topological polar surface area (TPSA) is 89.0 Å². The Morgan fingerprint density at radius 3 is 2.66 bits per heavy atom. The van der Waals surface area contributed by atoms with Crippen molar-refractivity contribution in [2.24, 2.45) is 0 Å². The lowest BCUT2D eigenvalue weighted by Gasteiger charge is -2.29. The van der Waals surface area contributed by atoms with Crippen molar-refractivity contribution in [3.05, 3.63) is 82.1 Å². The molecule has 3 heterocycles. The number of aryl methyl sites for hydroxylation is 1. The Labute approximate surface area is 207 Å². The maximum atomic E-state index is 13.9. The molecule has 0 bridgehead atoms. The second-order valence-electron chi connectivity index (χ2n) is 8.63. The third-order valence-corrected chi connectivity index (χ3v) is 7.63. The summed E-state index contributed by atoms with van der Waals surface area (Å²) in [5.41, 5.74) is 2.15. The molecule has 2 aliphatic heterocycles. The molecule has 1 N–H and O–H groups in total. The zero-order valence-corrected chi connectivity index (χ0v) is 20.4. The molecule has 1 saturated heterocycles. The van der Waals surface area contributed by atoms with Crippen LogP contribution in [0.4, 0.5) is 0 Å². The van der Waals surface area contributed by atoms with Crippen LogP contribution in [-0.2, 0) is 9.53 Å². The number of hydrogen-bond acceptors (Lipinski definition) is 7. The normalized spacial score (nSPS) is 20.1. The van der Waals surface area contributed by atoms with Crippen LogP contribution in [0.25, 0.3) is 10.6 Å². The first-order chi connectivity index (χ1) is 17.0. The summed E-state index contributed by atoms with van der Waals surface area (Å²) in [5, 5.41) is 11.7. The molecule has 1 amide bonds. The number of aliphatic hydroxyl groups excluding tert-OH is 1. The van der Waals surface area contributed by atoms with E-state index in [1.54, 1.807) is 20.1 Å². The van der Waals surface area contributed by atoms with Crippen molar-refractivity contribution in [2.45, 2.75) is 31.9 Å². The van der Waals surface area contributed by atoms with Gasteiger partial charge in [0.15, 0.2) is 5.76 Å². The minimum atomic E-state index is -0.794. The number of ether oxygens (including phenoxy) is 2. The minimum absolute atomic E-state index is 0.0452. The van der Waals surface area contributed by atoms with Gasteiger partial charge >= 0.3 is 0 Å². The summed E-state index contributed by atoms with van der Waals surface area (Å²) in [6.07, 6.45) is 1.59. The van der Waals surface area contributed by atoms with Gasteiger partial charge in [-0.2, -0.15) is 0 Å². The van der Waals surface area contributed by atoms with Gasteiger partial charge in [0.2, 0.25) is 5.78 Å². The van der Waals surface area contributed by atoms with Crippen LogP contribution in [0.1, 0.15) is 39.8 Å². The van der Waals surface area contributed by atoms with Crippen LogP contribution < -0.4 is 4.74 Å². The number of para-hydroxylation sites is 1. The number of Topliss-reactive ketones (excluding diaryl/α,β-unsaturated/α-hetero) is 1. The van der Waals surface area contributed by atoms with E-state index in [0.29, 0.717) is 33.5 Å². The monoisotopic (exact) mass is 490 g/mol. The molecule has 180 valence electrons.